The fourth-order valence-electron chi connectivity index (χ4n) is 1.67. The molecule has 1 aromatic carbocycles. The van der Waals surface area contributed by atoms with E-state index in [9.17, 15) is 8.78 Å². The van der Waals surface area contributed by atoms with Crippen LogP contribution in [0.5, 0.6) is 5.75 Å². The van der Waals surface area contributed by atoms with E-state index in [4.69, 9.17) is 4.74 Å². The molecule has 0 aliphatic carbocycles. The molecular formula is C14H13BrF2N2O. The molecule has 106 valence electrons. The van der Waals surface area contributed by atoms with E-state index in [2.05, 4.69) is 26.2 Å². The predicted molar refractivity (Wildman–Crippen MR) is 76.8 cm³/mol. The first-order valence-electron chi connectivity index (χ1n) is 6.07. The molecule has 0 fully saturated rings. The number of pyridine rings is 1. The van der Waals surface area contributed by atoms with E-state index in [0.29, 0.717) is 16.8 Å². The van der Waals surface area contributed by atoms with Crippen LogP contribution in [0.1, 0.15) is 12.5 Å². The van der Waals surface area contributed by atoms with Crippen LogP contribution >= 0.6 is 15.9 Å². The van der Waals surface area contributed by atoms with Gasteiger partial charge in [-0.25, -0.2) is 9.37 Å². The number of hydrogen-bond acceptors (Lipinski definition) is 3. The lowest BCUT2D eigenvalue weighted by molar-refractivity contribution is 0.284. The smallest absolute Gasteiger partial charge is 0.200 e. The number of ether oxygens (including phenoxy) is 1. The topological polar surface area (TPSA) is 34.2 Å². The second kappa shape index (κ2) is 6.65. The quantitative estimate of drug-likeness (QED) is 0.829. The standard InChI is InChI=1S/C14H13BrF2N2O/c1-2-18-14-9(4-3-5-19-14)8-20-12-7-10(15)6-11(16)13(12)17/h3-7H,2,8H2,1H3,(H,18,19). The van der Waals surface area contributed by atoms with Crippen LogP contribution in [0.25, 0.3) is 0 Å². The van der Waals surface area contributed by atoms with Gasteiger partial charge in [-0.1, -0.05) is 22.0 Å². The van der Waals surface area contributed by atoms with Gasteiger partial charge < -0.3 is 10.1 Å². The first-order chi connectivity index (χ1) is 9.61. The maximum atomic E-state index is 13.6. The molecule has 0 aliphatic rings. The number of benzene rings is 1. The van der Waals surface area contributed by atoms with Gasteiger partial charge in [-0.2, -0.15) is 4.39 Å². The number of nitrogens with one attached hydrogen (secondary N) is 1. The summed E-state index contributed by atoms with van der Waals surface area (Å²) in [5.41, 5.74) is 0.772. The van der Waals surface area contributed by atoms with Crippen molar-refractivity contribution in [3.8, 4) is 5.75 Å². The van der Waals surface area contributed by atoms with E-state index in [1.165, 1.54) is 6.07 Å². The van der Waals surface area contributed by atoms with Crippen LogP contribution in [0.2, 0.25) is 0 Å². The zero-order valence-electron chi connectivity index (χ0n) is 10.8. The Morgan fingerprint density at radius 2 is 2.15 bits per heavy atom. The van der Waals surface area contributed by atoms with Crippen molar-refractivity contribution in [1.29, 1.82) is 0 Å². The van der Waals surface area contributed by atoms with Crippen LogP contribution in [-0.2, 0) is 6.61 Å². The number of aromatic nitrogens is 1. The Morgan fingerprint density at radius 3 is 2.90 bits per heavy atom. The summed E-state index contributed by atoms with van der Waals surface area (Å²) in [5.74, 6) is -1.41. The van der Waals surface area contributed by atoms with Crippen molar-refractivity contribution in [1.82, 2.24) is 4.98 Å². The molecule has 2 aromatic rings. The summed E-state index contributed by atoms with van der Waals surface area (Å²) >= 11 is 3.10. The Labute approximate surface area is 124 Å². The van der Waals surface area contributed by atoms with E-state index in [1.807, 2.05) is 13.0 Å². The van der Waals surface area contributed by atoms with Crippen LogP contribution < -0.4 is 10.1 Å². The lowest BCUT2D eigenvalue weighted by atomic mass is 10.2. The molecule has 0 bridgehead atoms. The van der Waals surface area contributed by atoms with E-state index in [0.717, 1.165) is 11.6 Å². The summed E-state index contributed by atoms with van der Waals surface area (Å²) in [4.78, 5) is 4.17. The number of anilines is 1. The van der Waals surface area contributed by atoms with Crippen LogP contribution in [-0.4, -0.2) is 11.5 Å². The second-order valence-corrected chi connectivity index (χ2v) is 4.95. The van der Waals surface area contributed by atoms with Crippen LogP contribution in [0, 0.1) is 11.6 Å². The van der Waals surface area contributed by atoms with Gasteiger partial charge in [-0.05, 0) is 25.1 Å². The van der Waals surface area contributed by atoms with Gasteiger partial charge in [0.2, 0.25) is 5.82 Å². The van der Waals surface area contributed by atoms with Gasteiger partial charge in [0.05, 0.1) is 0 Å². The van der Waals surface area contributed by atoms with E-state index < -0.39 is 11.6 Å². The summed E-state index contributed by atoms with van der Waals surface area (Å²) in [6, 6.07) is 6.02. The van der Waals surface area contributed by atoms with E-state index in [-0.39, 0.29) is 12.4 Å². The van der Waals surface area contributed by atoms with E-state index in [1.54, 1.807) is 12.3 Å². The fourth-order valence-corrected chi connectivity index (χ4v) is 2.08. The van der Waals surface area contributed by atoms with Crippen molar-refractivity contribution in [3.63, 3.8) is 0 Å². The molecule has 6 heteroatoms. The summed E-state index contributed by atoms with van der Waals surface area (Å²) in [5, 5.41) is 3.08. The van der Waals surface area contributed by atoms with Crippen molar-refractivity contribution in [2.24, 2.45) is 0 Å². The Hall–Kier alpha value is -1.69. The summed E-state index contributed by atoms with van der Waals surface area (Å²) < 4.78 is 32.6. The molecule has 2 rings (SSSR count). The lowest BCUT2D eigenvalue weighted by Gasteiger charge is -2.11. The third-order valence-corrected chi connectivity index (χ3v) is 3.04. The molecule has 0 unspecified atom stereocenters. The van der Waals surface area contributed by atoms with E-state index >= 15 is 0 Å². The molecule has 3 nitrogen and oxygen atoms in total. The predicted octanol–water partition coefficient (Wildman–Crippen LogP) is 4.13. The highest BCUT2D eigenvalue weighted by Crippen LogP contribution is 2.26. The molecule has 20 heavy (non-hydrogen) atoms. The van der Waals surface area contributed by atoms with Gasteiger partial charge in [0.1, 0.15) is 12.4 Å². The Bertz CT molecular complexity index is 608. The van der Waals surface area contributed by atoms with Gasteiger partial charge in [0.15, 0.2) is 11.6 Å². The molecular weight excluding hydrogens is 330 g/mol. The molecule has 1 aromatic heterocycles. The van der Waals surface area contributed by atoms with Gasteiger partial charge in [0.25, 0.3) is 0 Å². The molecule has 1 heterocycles. The van der Waals surface area contributed by atoms with Crippen molar-refractivity contribution in [2.45, 2.75) is 13.5 Å². The van der Waals surface area contributed by atoms with Crippen molar-refractivity contribution < 1.29 is 13.5 Å². The Balaban J connectivity index is 2.17. The highest BCUT2D eigenvalue weighted by molar-refractivity contribution is 9.10. The van der Waals surface area contributed by atoms with Crippen LogP contribution in [0.15, 0.2) is 34.9 Å². The first-order valence-corrected chi connectivity index (χ1v) is 6.86. The highest BCUT2D eigenvalue weighted by atomic mass is 79.9. The van der Waals surface area contributed by atoms with Gasteiger partial charge >= 0.3 is 0 Å². The molecule has 0 amide bonds. The molecule has 0 spiro atoms. The third-order valence-electron chi connectivity index (χ3n) is 2.58. The molecule has 0 radical (unpaired) electrons. The minimum Gasteiger partial charge on any atom is -0.486 e. The van der Waals surface area contributed by atoms with Gasteiger partial charge in [0, 0.05) is 22.8 Å². The number of hydrogen-bond donors (Lipinski definition) is 1. The third kappa shape index (κ3) is 3.45. The molecule has 1 N–H and O–H groups in total. The Morgan fingerprint density at radius 1 is 1.35 bits per heavy atom. The van der Waals surface area contributed by atoms with Gasteiger partial charge in [-0.3, -0.25) is 0 Å². The number of nitrogens with zero attached hydrogens (tertiary/aromatic N) is 1. The Kier molecular flexibility index (Phi) is 4.89. The van der Waals surface area contributed by atoms with Crippen LogP contribution in [0.4, 0.5) is 14.6 Å². The fraction of sp³-hybridized carbons (Fsp3) is 0.214. The SMILES string of the molecule is CCNc1ncccc1COc1cc(Br)cc(F)c1F. The average Bonchev–Trinajstić information content (AvgIpc) is 2.43. The minimum atomic E-state index is -0.998. The zero-order valence-corrected chi connectivity index (χ0v) is 12.4. The van der Waals surface area contributed by atoms with Crippen molar-refractivity contribution in [3.05, 3.63) is 52.1 Å². The van der Waals surface area contributed by atoms with Crippen molar-refractivity contribution >= 4 is 21.7 Å². The molecule has 0 saturated heterocycles. The molecule has 0 aliphatic heterocycles. The largest absolute Gasteiger partial charge is 0.486 e. The monoisotopic (exact) mass is 342 g/mol. The minimum absolute atomic E-state index is 0.100. The second-order valence-electron chi connectivity index (χ2n) is 4.03. The van der Waals surface area contributed by atoms with Crippen LogP contribution in [0.3, 0.4) is 0 Å². The first kappa shape index (κ1) is 14.7. The zero-order chi connectivity index (χ0) is 14.5. The molecule has 0 saturated carbocycles. The maximum absolute atomic E-state index is 13.6. The summed E-state index contributed by atoms with van der Waals surface area (Å²) in [6.45, 7) is 2.76. The lowest BCUT2D eigenvalue weighted by Crippen LogP contribution is -2.06. The number of rotatable bonds is 5. The highest BCUT2D eigenvalue weighted by Gasteiger charge is 2.12. The summed E-state index contributed by atoms with van der Waals surface area (Å²) in [7, 11) is 0. The van der Waals surface area contributed by atoms with Crippen molar-refractivity contribution in [2.75, 3.05) is 11.9 Å². The molecule has 0 atom stereocenters. The normalized spacial score (nSPS) is 10.4. The summed E-state index contributed by atoms with van der Waals surface area (Å²) in [6.07, 6.45) is 1.65. The average molecular weight is 343 g/mol. The number of halogens is 3. The van der Waals surface area contributed by atoms with Gasteiger partial charge in [-0.15, -0.1) is 0 Å². The maximum Gasteiger partial charge on any atom is 0.200 e.